The first-order valence-corrected chi connectivity index (χ1v) is 29.1. The van der Waals surface area contributed by atoms with Crippen LogP contribution in [-0.4, -0.2) is 60.5 Å². The van der Waals surface area contributed by atoms with Gasteiger partial charge in [-0.3, -0.25) is 18.6 Å². The molecule has 0 heterocycles. The Kier molecular flexibility index (Phi) is 49.1. The average Bonchev–Trinajstić information content (AvgIpc) is 3.28. The number of phosphoric acid groups is 1. The Hall–Kier alpha value is -1.03. The van der Waals surface area contributed by atoms with Crippen molar-refractivity contribution in [3.8, 4) is 0 Å². The third-order valence-corrected chi connectivity index (χ3v) is 13.6. The molecule has 0 spiro atoms. The lowest BCUT2D eigenvalue weighted by molar-refractivity contribution is -0.154. The van der Waals surface area contributed by atoms with Crippen molar-refractivity contribution in [2.24, 2.45) is 5.73 Å². The molecule has 3 atom stereocenters. The van der Waals surface area contributed by atoms with Crippen LogP contribution in [0.5, 0.6) is 0 Å². The van der Waals surface area contributed by atoms with Gasteiger partial charge in [0.15, 0.2) is 0 Å². The number of aliphatic carboxylic acids is 1. The quantitative estimate of drug-likeness (QED) is 0.0305. The van der Waals surface area contributed by atoms with E-state index in [1.807, 2.05) is 0 Å². The van der Waals surface area contributed by atoms with Crippen LogP contribution in [0.3, 0.4) is 0 Å². The van der Waals surface area contributed by atoms with Crippen LogP contribution in [0.25, 0.3) is 0 Å². The molecule has 1 unspecified atom stereocenters. The molecular formula is C53H106NO9P. The second-order valence-corrected chi connectivity index (χ2v) is 20.5. The number of carboxylic acids is 1. The first-order chi connectivity index (χ1) is 31.2. The van der Waals surface area contributed by atoms with Crippen LogP contribution in [0.2, 0.25) is 0 Å². The van der Waals surface area contributed by atoms with E-state index in [9.17, 15) is 19.0 Å². The third kappa shape index (κ3) is 48.9. The van der Waals surface area contributed by atoms with Gasteiger partial charge in [0.1, 0.15) is 12.1 Å². The van der Waals surface area contributed by atoms with Crippen molar-refractivity contribution in [3.63, 3.8) is 0 Å². The van der Waals surface area contributed by atoms with E-state index >= 15 is 0 Å². The van der Waals surface area contributed by atoms with Gasteiger partial charge in [-0.2, -0.15) is 0 Å². The molecule has 0 aliphatic carbocycles. The third-order valence-electron chi connectivity index (χ3n) is 12.6. The lowest BCUT2D eigenvalue weighted by Crippen LogP contribution is -2.34. The van der Waals surface area contributed by atoms with Gasteiger partial charge >= 0.3 is 19.8 Å². The Bertz CT molecular complexity index is 1030. The summed E-state index contributed by atoms with van der Waals surface area (Å²) < 4.78 is 33.5. The number of phosphoric ester groups is 1. The minimum atomic E-state index is -4.61. The molecule has 0 saturated heterocycles. The van der Waals surface area contributed by atoms with Crippen molar-refractivity contribution in [3.05, 3.63) is 0 Å². The largest absolute Gasteiger partial charge is 0.480 e. The normalized spacial score (nSPS) is 13.6. The van der Waals surface area contributed by atoms with Crippen LogP contribution in [-0.2, 0) is 32.7 Å². The highest BCUT2D eigenvalue weighted by molar-refractivity contribution is 7.47. The lowest BCUT2D eigenvalue weighted by atomic mass is 10.0. The lowest BCUT2D eigenvalue weighted by Gasteiger charge is -2.20. The van der Waals surface area contributed by atoms with Crippen molar-refractivity contribution < 1.29 is 42.7 Å². The highest BCUT2D eigenvalue weighted by Crippen LogP contribution is 2.43. The zero-order chi connectivity index (χ0) is 46.9. The van der Waals surface area contributed by atoms with Gasteiger partial charge in [0.2, 0.25) is 0 Å². The molecule has 0 bridgehead atoms. The monoisotopic (exact) mass is 932 g/mol. The first kappa shape index (κ1) is 63.0. The van der Waals surface area contributed by atoms with Crippen molar-refractivity contribution >= 4 is 19.8 Å². The average molecular weight is 932 g/mol. The van der Waals surface area contributed by atoms with Crippen molar-refractivity contribution in [2.45, 2.75) is 302 Å². The van der Waals surface area contributed by atoms with Crippen LogP contribution < -0.4 is 5.73 Å². The number of nitrogens with two attached hydrogens (primary N) is 1. The molecule has 0 fully saturated rings. The Morgan fingerprint density at radius 2 is 0.719 bits per heavy atom. The van der Waals surface area contributed by atoms with Gasteiger partial charge in [0.05, 0.1) is 19.8 Å². The van der Waals surface area contributed by atoms with Crippen LogP contribution in [0.1, 0.15) is 290 Å². The predicted molar refractivity (Wildman–Crippen MR) is 268 cm³/mol. The van der Waals surface area contributed by atoms with Crippen LogP contribution >= 0.6 is 7.82 Å². The zero-order valence-corrected chi connectivity index (χ0v) is 43.1. The number of carbonyl (C=O) groups is 2. The maximum Gasteiger partial charge on any atom is 0.472 e. The summed E-state index contributed by atoms with van der Waals surface area (Å²) in [7, 11) is -4.61. The number of esters is 1. The van der Waals surface area contributed by atoms with Gasteiger partial charge in [-0.1, -0.05) is 271 Å². The van der Waals surface area contributed by atoms with Gasteiger partial charge in [-0.15, -0.1) is 0 Å². The highest BCUT2D eigenvalue weighted by Gasteiger charge is 2.27. The van der Waals surface area contributed by atoms with Crippen molar-refractivity contribution in [1.82, 2.24) is 0 Å². The van der Waals surface area contributed by atoms with E-state index in [2.05, 4.69) is 13.8 Å². The second-order valence-electron chi connectivity index (χ2n) is 19.1. The Balaban J connectivity index is 3.94. The summed E-state index contributed by atoms with van der Waals surface area (Å²) in [5.74, 6) is -1.76. The zero-order valence-electron chi connectivity index (χ0n) is 42.2. The molecular weight excluding hydrogens is 826 g/mol. The number of hydrogen-bond acceptors (Lipinski definition) is 8. The number of carboxylic acid groups (broad SMARTS) is 1. The van der Waals surface area contributed by atoms with Gasteiger partial charge < -0.3 is 25.2 Å². The fourth-order valence-corrected chi connectivity index (χ4v) is 9.15. The number of hydrogen-bond donors (Lipinski definition) is 3. The molecule has 64 heavy (non-hydrogen) atoms. The molecule has 11 heteroatoms. The molecule has 0 saturated carbocycles. The van der Waals surface area contributed by atoms with Crippen LogP contribution in [0.4, 0.5) is 0 Å². The van der Waals surface area contributed by atoms with Gasteiger partial charge in [0.25, 0.3) is 0 Å². The second kappa shape index (κ2) is 49.9. The van der Waals surface area contributed by atoms with Crippen LogP contribution in [0.15, 0.2) is 0 Å². The van der Waals surface area contributed by atoms with Gasteiger partial charge in [-0.05, 0) is 12.8 Å². The van der Waals surface area contributed by atoms with Crippen molar-refractivity contribution in [2.75, 3.05) is 26.4 Å². The van der Waals surface area contributed by atoms with E-state index in [-0.39, 0.29) is 13.0 Å². The summed E-state index contributed by atoms with van der Waals surface area (Å²) in [5.41, 5.74) is 5.38. The Morgan fingerprint density at radius 3 is 1.03 bits per heavy atom. The Labute approximate surface area is 395 Å². The molecule has 0 aromatic rings. The summed E-state index contributed by atoms with van der Waals surface area (Å²) >= 11 is 0. The minimum absolute atomic E-state index is 0.0262. The number of carbonyl (C=O) groups excluding carboxylic acids is 1. The molecule has 0 aliphatic heterocycles. The van der Waals surface area contributed by atoms with Gasteiger partial charge in [0, 0.05) is 13.0 Å². The molecule has 4 N–H and O–H groups in total. The number of ether oxygens (including phenoxy) is 2. The summed E-state index contributed by atoms with van der Waals surface area (Å²) in [4.78, 5) is 33.7. The summed E-state index contributed by atoms with van der Waals surface area (Å²) in [6.45, 7) is 3.96. The van der Waals surface area contributed by atoms with Gasteiger partial charge in [-0.25, -0.2) is 4.57 Å². The SMILES string of the molecule is CCCCCCCCCCCCCCCCCCCCCCCCCCCCCCC(=O)O[C@H](COCCCCCCCCCCCCCCCC)COP(=O)(O)OC[C@H](N)C(=O)O. The number of unbranched alkanes of at least 4 members (excludes halogenated alkanes) is 40. The number of rotatable bonds is 54. The van der Waals surface area contributed by atoms with E-state index in [1.54, 1.807) is 0 Å². The van der Waals surface area contributed by atoms with E-state index in [0.29, 0.717) is 6.61 Å². The Morgan fingerprint density at radius 1 is 0.438 bits per heavy atom. The van der Waals surface area contributed by atoms with E-state index < -0.39 is 45.1 Å². The fraction of sp³-hybridized carbons (Fsp3) is 0.962. The summed E-state index contributed by atoms with van der Waals surface area (Å²) in [6.07, 6.45) is 54.7. The molecule has 0 rings (SSSR count). The molecule has 382 valence electrons. The standard InChI is InChI=1S/C53H106NO9P/c1-3-5-7-9-11-13-15-17-19-20-21-22-23-24-25-26-27-28-29-30-31-32-33-35-37-39-41-43-45-52(55)63-50(48-61-64(58,59)62-49-51(54)53(56)57)47-60-46-44-42-40-38-36-34-18-16-14-12-10-8-6-4-2/h50-51H,3-49,54H2,1-2H3,(H,56,57)(H,58,59)/t50-,51+/m1/s1. The predicted octanol–water partition coefficient (Wildman–Crippen LogP) is 16.3. The maximum absolute atomic E-state index is 12.7. The van der Waals surface area contributed by atoms with Crippen LogP contribution in [0, 0.1) is 0 Å². The topological polar surface area (TPSA) is 155 Å². The molecule has 10 nitrogen and oxygen atoms in total. The summed E-state index contributed by atoms with van der Waals surface area (Å²) in [5, 5.41) is 8.93. The minimum Gasteiger partial charge on any atom is -0.480 e. The molecule has 0 aromatic heterocycles. The van der Waals surface area contributed by atoms with E-state index in [1.165, 1.54) is 231 Å². The van der Waals surface area contributed by atoms with E-state index in [0.717, 1.165) is 38.5 Å². The fourth-order valence-electron chi connectivity index (χ4n) is 8.37. The maximum atomic E-state index is 12.7. The molecule has 0 amide bonds. The van der Waals surface area contributed by atoms with Crippen molar-refractivity contribution in [1.29, 1.82) is 0 Å². The smallest absolute Gasteiger partial charge is 0.472 e. The first-order valence-electron chi connectivity index (χ1n) is 27.6. The highest BCUT2D eigenvalue weighted by atomic mass is 31.2. The van der Waals surface area contributed by atoms with E-state index in [4.69, 9.17) is 29.4 Å². The molecule has 0 radical (unpaired) electrons. The molecule has 0 aliphatic rings. The molecule has 0 aromatic carbocycles. The summed E-state index contributed by atoms with van der Waals surface area (Å²) in [6, 6.07) is -1.47.